The van der Waals surface area contributed by atoms with Crippen LogP contribution in [0.3, 0.4) is 0 Å². The molecular weight excluding hydrogens is 833 g/mol. The van der Waals surface area contributed by atoms with E-state index in [4.69, 9.17) is 16.3 Å². The molecule has 5 amide bonds. The van der Waals surface area contributed by atoms with Crippen molar-refractivity contribution in [2.45, 2.75) is 84.2 Å². The zero-order valence-electron chi connectivity index (χ0n) is 33.7. The lowest BCUT2D eigenvalue weighted by Crippen LogP contribution is -2.74. The van der Waals surface area contributed by atoms with E-state index in [1.54, 1.807) is 6.07 Å². The van der Waals surface area contributed by atoms with Crippen molar-refractivity contribution < 1.29 is 33.1 Å². The van der Waals surface area contributed by atoms with Crippen LogP contribution in [0.15, 0.2) is 46.9 Å². The lowest BCUT2D eigenvalue weighted by Gasteiger charge is -2.65. The van der Waals surface area contributed by atoms with Crippen LogP contribution in [0.5, 0.6) is 5.75 Å². The van der Waals surface area contributed by atoms with Gasteiger partial charge in [0.15, 0.2) is 0 Å². The van der Waals surface area contributed by atoms with Crippen molar-refractivity contribution >= 4 is 56.8 Å². The minimum Gasteiger partial charge on any atom is -0.489 e. The number of halogens is 2. The molecule has 1 N–H and O–H groups in total. The van der Waals surface area contributed by atoms with Gasteiger partial charge in [-0.3, -0.25) is 39.1 Å². The number of carbonyl (C=O) groups excluding carboxylic acids is 5. The number of carbonyl (C=O) groups is 5. The van der Waals surface area contributed by atoms with E-state index in [-0.39, 0.29) is 64.5 Å². The summed E-state index contributed by atoms with van der Waals surface area (Å²) >= 11 is 3.46. The zero-order chi connectivity index (χ0) is 42.4. The first-order valence-corrected chi connectivity index (χ1v) is 21.1. The highest BCUT2D eigenvalue weighted by Crippen LogP contribution is 2.59. The number of nitrogens with zero attached hydrogens (tertiary/aromatic N) is 6. The Labute approximate surface area is 355 Å². The number of nitrogens with one attached hydrogen (secondary N) is 1. The lowest BCUT2D eigenvalue weighted by atomic mass is 9.49. The number of hydrogen-bond donors (Lipinski definition) is 1. The number of aromatic nitrogens is 1. The molecule has 2 aliphatic carbocycles. The number of amides is 5. The summed E-state index contributed by atoms with van der Waals surface area (Å²) in [6, 6.07) is 10.7. The Morgan fingerprint density at radius 2 is 1.62 bits per heavy atom. The van der Waals surface area contributed by atoms with Crippen LogP contribution < -0.4 is 15.0 Å². The zero-order valence-corrected chi connectivity index (χ0v) is 35.3. The molecule has 2 aromatic carbocycles. The van der Waals surface area contributed by atoms with Gasteiger partial charge in [-0.1, -0.05) is 55.6 Å². The van der Waals surface area contributed by atoms with Crippen LogP contribution in [0.1, 0.15) is 95.8 Å². The van der Waals surface area contributed by atoms with E-state index in [0.29, 0.717) is 65.9 Å². The Morgan fingerprint density at radius 3 is 2.28 bits per heavy atom. The molecule has 4 aliphatic heterocycles. The summed E-state index contributed by atoms with van der Waals surface area (Å²) in [5.41, 5.74) is 2.02. The molecule has 2 saturated carbocycles. The Morgan fingerprint density at radius 1 is 0.917 bits per heavy atom. The van der Waals surface area contributed by atoms with E-state index in [1.807, 2.05) is 34.1 Å². The van der Waals surface area contributed by atoms with Gasteiger partial charge in [-0.25, -0.2) is 14.2 Å². The molecule has 0 radical (unpaired) electrons. The molecule has 6 aliphatic rings. The Hall–Kier alpha value is -5.64. The summed E-state index contributed by atoms with van der Waals surface area (Å²) in [4.78, 5) is 79.7. The maximum absolute atomic E-state index is 15.5. The molecule has 5 heterocycles. The highest BCUT2D eigenvalue weighted by atomic mass is 79.9. The Balaban J connectivity index is 0.785. The largest absolute Gasteiger partial charge is 0.489 e. The van der Waals surface area contributed by atoms with Crippen LogP contribution in [0.2, 0.25) is 0 Å². The molecule has 1 aromatic heterocycles. The number of piperidine rings is 1. The molecular formula is C45H43BrFN7O6. The van der Waals surface area contributed by atoms with Crippen LogP contribution in [0, 0.1) is 41.0 Å². The van der Waals surface area contributed by atoms with Crippen molar-refractivity contribution in [1.82, 2.24) is 25.0 Å². The van der Waals surface area contributed by atoms with Gasteiger partial charge in [0.05, 0.1) is 41.2 Å². The summed E-state index contributed by atoms with van der Waals surface area (Å²) in [6.07, 6.45) is 1.68. The predicted molar refractivity (Wildman–Crippen MR) is 221 cm³/mol. The molecule has 13 nitrogen and oxygen atoms in total. The molecule has 2 saturated heterocycles. The monoisotopic (exact) mass is 875 g/mol. The average Bonchev–Trinajstić information content (AvgIpc) is 3.62. The highest BCUT2D eigenvalue weighted by Gasteiger charge is 2.67. The van der Waals surface area contributed by atoms with Crippen molar-refractivity contribution in [3.05, 3.63) is 92.2 Å². The predicted octanol–water partition coefficient (Wildman–Crippen LogP) is 5.73. The highest BCUT2D eigenvalue weighted by molar-refractivity contribution is 9.10. The number of piperazine rings is 1. The van der Waals surface area contributed by atoms with Crippen molar-refractivity contribution in [1.29, 1.82) is 0 Å². The standard InChI is InChI=1S/C45H43BrFN7O6/c1-44(2)42(45(3,4)43(44)60-27-9-11-33(48-5)31(46)20-27)53-23-34-28(39(53)57)10-8-25(49-34)7-6-24-18-26(19-24)51-14-16-52(17-15-51)36-22-30-29(21-32(36)47)40(58)54(41(30)59)35-12-13-37(55)50-38(35)56/h8-11,20-22,24,26,35,42-43H,12-19,23H2,1-4H3,(H,50,55,56). The van der Waals surface area contributed by atoms with Gasteiger partial charge in [0.1, 0.15) is 29.4 Å². The summed E-state index contributed by atoms with van der Waals surface area (Å²) in [7, 11) is 0. The minimum absolute atomic E-state index is 0.0102. The van der Waals surface area contributed by atoms with Gasteiger partial charge in [-0.15, -0.1) is 0 Å². The van der Waals surface area contributed by atoms with Crippen LogP contribution in [-0.2, 0) is 16.1 Å². The quantitative estimate of drug-likeness (QED) is 0.187. The molecule has 60 heavy (non-hydrogen) atoms. The van der Waals surface area contributed by atoms with Crippen molar-refractivity contribution in [3.63, 3.8) is 0 Å². The minimum atomic E-state index is -1.11. The van der Waals surface area contributed by atoms with Crippen LogP contribution in [0.4, 0.5) is 15.8 Å². The number of fused-ring (bicyclic) bond motifs is 2. The van der Waals surface area contributed by atoms with Crippen molar-refractivity contribution in [2.24, 2.45) is 16.7 Å². The third-order valence-electron chi connectivity index (χ3n) is 13.3. The number of ether oxygens (including phenoxy) is 1. The summed E-state index contributed by atoms with van der Waals surface area (Å²) in [5.74, 6) is 4.35. The van der Waals surface area contributed by atoms with Crippen molar-refractivity contribution in [3.8, 4) is 17.6 Å². The summed E-state index contributed by atoms with van der Waals surface area (Å²) in [5, 5.41) is 2.18. The first-order chi connectivity index (χ1) is 28.6. The second kappa shape index (κ2) is 14.5. The second-order valence-corrected chi connectivity index (χ2v) is 18.7. The van der Waals surface area contributed by atoms with E-state index in [2.05, 4.69) is 70.5 Å². The molecule has 0 bridgehead atoms. The Kier molecular flexibility index (Phi) is 9.63. The third-order valence-corrected chi connectivity index (χ3v) is 14.0. The van der Waals surface area contributed by atoms with E-state index in [0.717, 1.165) is 29.5 Å². The molecule has 9 rings (SSSR count). The number of imide groups is 2. The first-order valence-electron chi connectivity index (χ1n) is 20.3. The molecule has 4 fully saturated rings. The molecule has 308 valence electrons. The molecule has 3 aromatic rings. The van der Waals surface area contributed by atoms with Gasteiger partial charge in [-0.05, 0) is 61.6 Å². The van der Waals surface area contributed by atoms with Crippen LogP contribution >= 0.6 is 15.9 Å². The van der Waals surface area contributed by atoms with Gasteiger partial charge in [-0.2, -0.15) is 0 Å². The van der Waals surface area contributed by atoms with E-state index < -0.39 is 35.5 Å². The van der Waals surface area contributed by atoms with E-state index in [9.17, 15) is 24.0 Å². The normalized spacial score (nSPS) is 26.6. The first kappa shape index (κ1) is 39.8. The fourth-order valence-electron chi connectivity index (χ4n) is 10.7. The fraction of sp³-hybridized carbons (Fsp3) is 0.444. The van der Waals surface area contributed by atoms with Gasteiger partial charge < -0.3 is 14.5 Å². The van der Waals surface area contributed by atoms with Gasteiger partial charge in [0.2, 0.25) is 17.5 Å². The average molecular weight is 877 g/mol. The van der Waals surface area contributed by atoms with Crippen molar-refractivity contribution in [2.75, 3.05) is 31.1 Å². The van der Waals surface area contributed by atoms with Crippen LogP contribution in [0.25, 0.3) is 4.85 Å². The SMILES string of the molecule is [C-]#[N+]c1ccc(OC2C(C)(C)C(N3Cc4nc(C#CC5CC(N6CCN(c7cc8c(cc7F)C(=O)N(C7CCC(=O)NC7=O)C8=O)CC6)C5)ccc4C3=O)C2(C)C)cc1Br. The molecule has 1 unspecified atom stereocenters. The fourth-order valence-corrected chi connectivity index (χ4v) is 11.2. The van der Waals surface area contributed by atoms with E-state index in [1.165, 1.54) is 6.07 Å². The molecule has 1 atom stereocenters. The number of rotatable bonds is 6. The maximum atomic E-state index is 15.5. The number of pyridine rings is 1. The number of benzene rings is 2. The van der Waals surface area contributed by atoms with Crippen LogP contribution in [-0.4, -0.2) is 99.6 Å². The molecule has 15 heteroatoms. The third kappa shape index (κ3) is 6.45. The summed E-state index contributed by atoms with van der Waals surface area (Å²) < 4.78 is 22.7. The summed E-state index contributed by atoms with van der Waals surface area (Å²) in [6.45, 7) is 18.7. The second-order valence-electron chi connectivity index (χ2n) is 17.8. The Bertz CT molecular complexity index is 2490. The van der Waals surface area contributed by atoms with E-state index >= 15 is 4.39 Å². The van der Waals surface area contributed by atoms with Gasteiger partial charge in [0.25, 0.3) is 17.7 Å². The number of hydrogen-bond acceptors (Lipinski definition) is 9. The number of anilines is 1. The lowest BCUT2D eigenvalue weighted by molar-refractivity contribution is -0.199. The van der Waals surface area contributed by atoms with Gasteiger partial charge >= 0.3 is 0 Å². The van der Waals surface area contributed by atoms with Gasteiger partial charge in [0, 0.05) is 65.9 Å². The molecule has 0 spiro atoms. The topological polar surface area (TPSA) is 137 Å². The maximum Gasteiger partial charge on any atom is 0.262 e. The smallest absolute Gasteiger partial charge is 0.262 e.